The highest BCUT2D eigenvalue weighted by molar-refractivity contribution is 7.90. The third kappa shape index (κ3) is 4.32. The van der Waals surface area contributed by atoms with Crippen LogP contribution in [0.15, 0.2) is 35.2 Å². The molecule has 24 heavy (non-hydrogen) atoms. The molecular weight excluding hydrogens is 349 g/mol. The van der Waals surface area contributed by atoms with Gasteiger partial charge in [-0.2, -0.15) is 0 Å². The number of anilines is 1. The minimum atomic E-state index is -1.29. The average Bonchev–Trinajstić information content (AvgIpc) is 2.55. The van der Waals surface area contributed by atoms with Crippen molar-refractivity contribution in [3.8, 4) is 0 Å². The minimum Gasteiger partial charge on any atom is -0.612 e. The number of aromatic amines is 1. The van der Waals surface area contributed by atoms with E-state index in [-0.39, 0.29) is 22.2 Å². The van der Waals surface area contributed by atoms with Crippen molar-refractivity contribution < 1.29 is 8.94 Å². The largest absolute Gasteiger partial charge is 0.612 e. The van der Waals surface area contributed by atoms with E-state index in [1.54, 1.807) is 12.3 Å². The van der Waals surface area contributed by atoms with E-state index in [9.17, 15) is 8.94 Å². The molecule has 0 aliphatic rings. The van der Waals surface area contributed by atoms with Crippen molar-refractivity contribution in [3.63, 3.8) is 0 Å². The third-order valence-corrected chi connectivity index (χ3v) is 5.12. The summed E-state index contributed by atoms with van der Waals surface area (Å²) in [6, 6.07) is 9.00. The Morgan fingerprint density at radius 3 is 2.50 bits per heavy atom. The summed E-state index contributed by atoms with van der Waals surface area (Å²) in [6.07, 6.45) is 1.12. The zero-order valence-corrected chi connectivity index (χ0v) is 15.4. The minimum absolute atomic E-state index is 0.0496. The number of benzene rings is 1. The molecule has 7 heteroatoms. The van der Waals surface area contributed by atoms with Gasteiger partial charge in [0.2, 0.25) is 0 Å². The van der Waals surface area contributed by atoms with Gasteiger partial charge in [-0.15, -0.1) is 0 Å². The van der Waals surface area contributed by atoms with Crippen molar-refractivity contribution in [1.29, 1.82) is 5.41 Å². The lowest BCUT2D eigenvalue weighted by molar-refractivity contribution is 0.365. The van der Waals surface area contributed by atoms with Crippen LogP contribution in [-0.4, -0.2) is 15.8 Å². The van der Waals surface area contributed by atoms with Gasteiger partial charge in [0, 0.05) is 6.07 Å². The molecular formula is C17H21ClFN3OS. The van der Waals surface area contributed by atoms with Crippen molar-refractivity contribution in [2.45, 2.75) is 37.4 Å². The fourth-order valence-corrected chi connectivity index (χ4v) is 3.29. The molecule has 3 unspecified atom stereocenters. The van der Waals surface area contributed by atoms with Crippen LogP contribution in [0.5, 0.6) is 0 Å². The lowest BCUT2D eigenvalue weighted by Crippen LogP contribution is -2.16. The maximum absolute atomic E-state index is 13.7. The van der Waals surface area contributed by atoms with E-state index in [1.165, 1.54) is 6.92 Å². The first-order chi connectivity index (χ1) is 11.3. The Hall–Kier alpha value is -1.50. The molecule has 3 N–H and O–H groups in total. The Kier molecular flexibility index (Phi) is 6.32. The number of rotatable bonds is 6. The summed E-state index contributed by atoms with van der Waals surface area (Å²) in [5.41, 5.74) is 1.82. The van der Waals surface area contributed by atoms with Gasteiger partial charge in [0.1, 0.15) is 17.9 Å². The van der Waals surface area contributed by atoms with Gasteiger partial charge >= 0.3 is 0 Å². The molecule has 4 nitrogen and oxygen atoms in total. The van der Waals surface area contributed by atoms with Crippen molar-refractivity contribution in [1.82, 2.24) is 4.98 Å². The molecule has 0 radical (unpaired) electrons. The first-order valence-electron chi connectivity index (χ1n) is 7.64. The Bertz CT molecular complexity index is 746. The van der Waals surface area contributed by atoms with Crippen LogP contribution >= 0.6 is 11.6 Å². The number of H-pyrrole nitrogens is 1. The summed E-state index contributed by atoms with van der Waals surface area (Å²) in [7, 11) is 0. The highest BCUT2D eigenvalue weighted by Gasteiger charge is 2.17. The topological polar surface area (TPSA) is 74.7 Å². The van der Waals surface area contributed by atoms with E-state index in [0.29, 0.717) is 5.69 Å². The Morgan fingerprint density at radius 2 is 2.00 bits per heavy atom. The number of hydrogen-bond acceptors (Lipinski definition) is 3. The smallest absolute Gasteiger partial charge is 0.152 e. The Morgan fingerprint density at radius 1 is 1.38 bits per heavy atom. The fourth-order valence-electron chi connectivity index (χ4n) is 2.47. The van der Waals surface area contributed by atoms with Crippen LogP contribution in [0.1, 0.15) is 43.7 Å². The Balaban J connectivity index is 2.32. The normalized spacial score (nSPS) is 14.9. The average molecular weight is 370 g/mol. The predicted molar refractivity (Wildman–Crippen MR) is 96.6 cm³/mol. The summed E-state index contributed by atoms with van der Waals surface area (Å²) in [5.74, 6) is 0. The molecule has 0 aliphatic carbocycles. The summed E-state index contributed by atoms with van der Waals surface area (Å²) in [6.45, 7) is 3.40. The lowest BCUT2D eigenvalue weighted by atomic mass is 10.0. The van der Waals surface area contributed by atoms with Crippen LogP contribution in [0.3, 0.4) is 0 Å². The number of aromatic nitrogens is 1. The van der Waals surface area contributed by atoms with E-state index in [0.717, 1.165) is 16.9 Å². The number of hydrogen-bond donors (Lipinski definition) is 3. The molecule has 1 aromatic carbocycles. The molecule has 1 heterocycles. The highest BCUT2D eigenvalue weighted by Crippen LogP contribution is 2.32. The van der Waals surface area contributed by atoms with Crippen LogP contribution in [-0.2, 0) is 11.2 Å². The molecule has 0 aliphatic heterocycles. The summed E-state index contributed by atoms with van der Waals surface area (Å²) < 4.78 is 25.1. The zero-order chi connectivity index (χ0) is 17.9. The summed E-state index contributed by atoms with van der Waals surface area (Å²) in [5, 5.41) is 11.3. The monoisotopic (exact) mass is 369 g/mol. The maximum atomic E-state index is 13.7. The van der Waals surface area contributed by atoms with Crippen molar-refractivity contribution in [2.75, 3.05) is 11.6 Å². The number of pyridine rings is 1. The SMILES string of the molecule is CCC(Nc1cc(=N)[nH]c(C(C)F)c1Cl)c1ccc([S+](C)[O-])cc1. The van der Waals surface area contributed by atoms with Gasteiger partial charge in [-0.3, -0.25) is 5.41 Å². The molecule has 0 fully saturated rings. The van der Waals surface area contributed by atoms with Crippen LogP contribution in [0.4, 0.5) is 10.1 Å². The van der Waals surface area contributed by atoms with Gasteiger partial charge in [0.15, 0.2) is 4.90 Å². The summed E-state index contributed by atoms with van der Waals surface area (Å²) >= 11 is 5.26. The van der Waals surface area contributed by atoms with E-state index >= 15 is 0 Å². The first-order valence-corrected chi connectivity index (χ1v) is 9.58. The van der Waals surface area contributed by atoms with E-state index in [4.69, 9.17) is 17.0 Å². The van der Waals surface area contributed by atoms with E-state index in [1.807, 2.05) is 31.2 Å². The molecule has 0 spiro atoms. The second-order valence-electron chi connectivity index (χ2n) is 5.57. The number of nitrogens with one attached hydrogen (secondary N) is 3. The third-order valence-electron chi connectivity index (χ3n) is 3.78. The van der Waals surface area contributed by atoms with Gasteiger partial charge in [-0.25, -0.2) is 4.39 Å². The van der Waals surface area contributed by atoms with E-state index in [2.05, 4.69) is 10.3 Å². The zero-order valence-electron chi connectivity index (χ0n) is 13.8. The molecule has 3 atom stereocenters. The summed E-state index contributed by atoms with van der Waals surface area (Å²) in [4.78, 5) is 3.42. The fraction of sp³-hybridized carbons (Fsp3) is 0.353. The molecule has 0 saturated carbocycles. The van der Waals surface area contributed by atoms with Crippen LogP contribution in [0.25, 0.3) is 0 Å². The van der Waals surface area contributed by atoms with Crippen molar-refractivity contribution in [2.24, 2.45) is 0 Å². The second kappa shape index (κ2) is 8.05. The number of halogens is 2. The Labute approximate surface area is 149 Å². The van der Waals surface area contributed by atoms with Gasteiger partial charge in [-0.05, 0) is 42.2 Å². The standard InChI is InChI=1S/C17H21ClFN3OS/c1-4-13(11-5-7-12(8-6-11)24(3)23)21-14-9-15(20)22-17(10(2)19)16(14)18/h5-10,13H,4H2,1-3H3,(H3,20,21,22). The predicted octanol–water partition coefficient (Wildman–Crippen LogP) is 4.48. The lowest BCUT2D eigenvalue weighted by Gasteiger charge is -2.21. The van der Waals surface area contributed by atoms with Crippen LogP contribution < -0.4 is 10.8 Å². The molecule has 130 valence electrons. The van der Waals surface area contributed by atoms with Gasteiger partial charge < -0.3 is 14.9 Å². The molecule has 2 aromatic rings. The van der Waals surface area contributed by atoms with Crippen LogP contribution in [0, 0.1) is 5.41 Å². The van der Waals surface area contributed by atoms with Crippen molar-refractivity contribution in [3.05, 3.63) is 52.1 Å². The quantitative estimate of drug-likeness (QED) is 0.657. The second-order valence-corrected chi connectivity index (χ2v) is 7.33. The molecule has 2 rings (SSSR count). The number of alkyl halides is 1. The van der Waals surface area contributed by atoms with Gasteiger partial charge in [-0.1, -0.05) is 30.7 Å². The molecule has 0 amide bonds. The van der Waals surface area contributed by atoms with E-state index < -0.39 is 17.3 Å². The van der Waals surface area contributed by atoms with Crippen molar-refractivity contribution >= 4 is 28.5 Å². The maximum Gasteiger partial charge on any atom is 0.152 e. The van der Waals surface area contributed by atoms with Gasteiger partial charge in [0.05, 0.1) is 22.4 Å². The van der Waals surface area contributed by atoms with Gasteiger partial charge in [0.25, 0.3) is 0 Å². The molecule has 1 aromatic heterocycles. The highest BCUT2D eigenvalue weighted by atomic mass is 35.5. The molecule has 0 saturated heterocycles. The first kappa shape index (κ1) is 18.8. The molecule has 0 bridgehead atoms. The van der Waals surface area contributed by atoms with Crippen LogP contribution in [0.2, 0.25) is 5.02 Å².